The van der Waals surface area contributed by atoms with Gasteiger partial charge in [0.1, 0.15) is 5.69 Å². The van der Waals surface area contributed by atoms with E-state index >= 15 is 0 Å². The molecular formula is C18H21N3O5S. The highest BCUT2D eigenvalue weighted by molar-refractivity contribution is 7.89. The zero-order valence-electron chi connectivity index (χ0n) is 15.3. The summed E-state index contributed by atoms with van der Waals surface area (Å²) in [5, 5.41) is 14.2. The Morgan fingerprint density at radius 3 is 2.37 bits per heavy atom. The van der Waals surface area contributed by atoms with E-state index in [0.717, 1.165) is 0 Å². The van der Waals surface area contributed by atoms with E-state index in [1.165, 1.54) is 41.6 Å². The summed E-state index contributed by atoms with van der Waals surface area (Å²) in [6.07, 6.45) is 0. The zero-order valence-corrected chi connectivity index (χ0v) is 16.1. The highest BCUT2D eigenvalue weighted by Crippen LogP contribution is 2.30. The third kappa shape index (κ3) is 4.50. The van der Waals surface area contributed by atoms with Gasteiger partial charge >= 0.3 is 0 Å². The van der Waals surface area contributed by atoms with Crippen molar-refractivity contribution in [3.05, 3.63) is 58.1 Å². The fourth-order valence-corrected chi connectivity index (χ4v) is 4.11. The van der Waals surface area contributed by atoms with Crippen LogP contribution in [0.5, 0.6) is 0 Å². The van der Waals surface area contributed by atoms with E-state index in [2.05, 4.69) is 5.32 Å². The molecule has 0 fully saturated rings. The van der Waals surface area contributed by atoms with Crippen LogP contribution >= 0.6 is 0 Å². The Bertz CT molecular complexity index is 969. The van der Waals surface area contributed by atoms with Crippen LogP contribution in [0, 0.1) is 10.1 Å². The van der Waals surface area contributed by atoms with Crippen LogP contribution in [-0.4, -0.2) is 36.5 Å². The summed E-state index contributed by atoms with van der Waals surface area (Å²) in [5.74, 6) is -0.281. The summed E-state index contributed by atoms with van der Waals surface area (Å²) in [6, 6.07) is 10.2. The number of rotatable bonds is 8. The van der Waals surface area contributed by atoms with Crippen molar-refractivity contribution in [2.45, 2.75) is 25.7 Å². The molecule has 0 amide bonds. The van der Waals surface area contributed by atoms with Gasteiger partial charge in [0.25, 0.3) is 5.69 Å². The molecule has 0 bridgehead atoms. The first-order valence-electron chi connectivity index (χ1n) is 8.37. The predicted octanol–water partition coefficient (Wildman–Crippen LogP) is 3.57. The second-order valence-electron chi connectivity index (χ2n) is 5.79. The number of nitro groups is 1. The number of benzene rings is 2. The Labute approximate surface area is 158 Å². The van der Waals surface area contributed by atoms with Crippen molar-refractivity contribution in [3.8, 4) is 0 Å². The summed E-state index contributed by atoms with van der Waals surface area (Å²) in [7, 11) is -3.65. The molecule has 0 aliphatic carbocycles. The van der Waals surface area contributed by atoms with Crippen molar-refractivity contribution in [2.75, 3.05) is 18.4 Å². The number of sulfonamides is 1. The minimum atomic E-state index is -3.65. The van der Waals surface area contributed by atoms with Gasteiger partial charge in [-0.3, -0.25) is 14.9 Å². The number of Topliss-reactive ketones (excluding diaryl/α,β-unsaturated/α-hetero) is 1. The molecule has 2 aromatic rings. The quantitative estimate of drug-likeness (QED) is 0.418. The summed E-state index contributed by atoms with van der Waals surface area (Å²) < 4.78 is 26.6. The number of nitrogens with one attached hydrogen (secondary N) is 1. The maximum absolute atomic E-state index is 12.6. The van der Waals surface area contributed by atoms with Gasteiger partial charge < -0.3 is 5.32 Å². The van der Waals surface area contributed by atoms with Crippen LogP contribution in [0.1, 0.15) is 31.1 Å². The van der Waals surface area contributed by atoms with Gasteiger partial charge in [0.05, 0.1) is 9.82 Å². The second kappa shape index (κ2) is 8.28. The standard InChI is InChI=1S/C18H21N3O5S/c1-4-20(5-2)27(25,26)16-8-6-7-15(12-16)19-17-10-9-14(13(3)22)11-18(17)21(23)24/h6-12,19H,4-5H2,1-3H3. The lowest BCUT2D eigenvalue weighted by Crippen LogP contribution is -2.30. The molecule has 0 aliphatic rings. The molecule has 8 nitrogen and oxygen atoms in total. The zero-order chi connectivity index (χ0) is 20.2. The van der Waals surface area contributed by atoms with Crippen molar-refractivity contribution < 1.29 is 18.1 Å². The molecule has 2 aromatic carbocycles. The van der Waals surface area contributed by atoms with Gasteiger partial charge in [0.2, 0.25) is 10.0 Å². The summed E-state index contributed by atoms with van der Waals surface area (Å²) in [6.45, 7) is 5.52. The van der Waals surface area contributed by atoms with Crippen LogP contribution in [0.4, 0.5) is 17.1 Å². The number of anilines is 2. The normalized spacial score (nSPS) is 11.4. The molecule has 9 heteroatoms. The van der Waals surface area contributed by atoms with Crippen LogP contribution in [-0.2, 0) is 10.0 Å². The lowest BCUT2D eigenvalue weighted by Gasteiger charge is -2.19. The van der Waals surface area contributed by atoms with E-state index in [9.17, 15) is 23.3 Å². The number of carbonyl (C=O) groups is 1. The Morgan fingerprint density at radius 1 is 1.15 bits per heavy atom. The van der Waals surface area contributed by atoms with Gasteiger partial charge in [0.15, 0.2) is 5.78 Å². The smallest absolute Gasteiger partial charge is 0.293 e. The summed E-state index contributed by atoms with van der Waals surface area (Å²) >= 11 is 0. The number of carbonyl (C=O) groups excluding carboxylic acids is 1. The monoisotopic (exact) mass is 391 g/mol. The van der Waals surface area contributed by atoms with Crippen molar-refractivity contribution in [1.29, 1.82) is 0 Å². The van der Waals surface area contributed by atoms with E-state index in [1.807, 2.05) is 0 Å². The lowest BCUT2D eigenvalue weighted by molar-refractivity contribution is -0.383. The number of ketones is 1. The number of nitrogens with zero attached hydrogens (tertiary/aromatic N) is 2. The van der Waals surface area contributed by atoms with E-state index in [-0.39, 0.29) is 27.6 Å². The topological polar surface area (TPSA) is 110 Å². The van der Waals surface area contributed by atoms with Crippen LogP contribution in [0.2, 0.25) is 0 Å². The highest BCUT2D eigenvalue weighted by atomic mass is 32.2. The largest absolute Gasteiger partial charge is 0.350 e. The molecule has 0 aromatic heterocycles. The van der Waals surface area contributed by atoms with Gasteiger partial charge in [0, 0.05) is 30.4 Å². The molecule has 1 N–H and O–H groups in total. The molecule has 0 saturated heterocycles. The third-order valence-electron chi connectivity index (χ3n) is 4.06. The minimum Gasteiger partial charge on any atom is -0.350 e. The van der Waals surface area contributed by atoms with Crippen LogP contribution < -0.4 is 5.32 Å². The Hall–Kier alpha value is -2.78. The average molecular weight is 391 g/mol. The van der Waals surface area contributed by atoms with Gasteiger partial charge in [-0.2, -0.15) is 4.31 Å². The summed E-state index contributed by atoms with van der Waals surface area (Å²) in [4.78, 5) is 22.3. The first kappa shape index (κ1) is 20.5. The molecular weight excluding hydrogens is 370 g/mol. The maximum atomic E-state index is 12.6. The molecule has 0 aliphatic heterocycles. The minimum absolute atomic E-state index is 0.0965. The van der Waals surface area contributed by atoms with E-state index < -0.39 is 14.9 Å². The Morgan fingerprint density at radius 2 is 1.81 bits per heavy atom. The van der Waals surface area contributed by atoms with Crippen molar-refractivity contribution in [1.82, 2.24) is 4.31 Å². The number of hydrogen-bond donors (Lipinski definition) is 1. The fraction of sp³-hybridized carbons (Fsp3) is 0.278. The molecule has 2 rings (SSSR count). The van der Waals surface area contributed by atoms with Crippen LogP contribution in [0.3, 0.4) is 0 Å². The molecule has 0 atom stereocenters. The number of hydrogen-bond acceptors (Lipinski definition) is 6. The third-order valence-corrected chi connectivity index (χ3v) is 6.10. The van der Waals surface area contributed by atoms with Gasteiger partial charge in [-0.1, -0.05) is 19.9 Å². The first-order chi connectivity index (χ1) is 12.7. The van der Waals surface area contributed by atoms with Gasteiger partial charge in [-0.15, -0.1) is 0 Å². The van der Waals surface area contributed by atoms with Crippen LogP contribution in [0.25, 0.3) is 0 Å². The molecule has 144 valence electrons. The molecule has 0 saturated carbocycles. The average Bonchev–Trinajstić information content (AvgIpc) is 2.62. The van der Waals surface area contributed by atoms with Gasteiger partial charge in [-0.25, -0.2) is 8.42 Å². The molecule has 0 heterocycles. The Kier molecular flexibility index (Phi) is 6.29. The highest BCUT2D eigenvalue weighted by Gasteiger charge is 2.22. The maximum Gasteiger partial charge on any atom is 0.293 e. The van der Waals surface area contributed by atoms with E-state index in [4.69, 9.17) is 0 Å². The molecule has 0 spiro atoms. The Balaban J connectivity index is 2.42. The lowest BCUT2D eigenvalue weighted by atomic mass is 10.1. The van der Waals surface area contributed by atoms with E-state index in [1.54, 1.807) is 26.0 Å². The van der Waals surface area contributed by atoms with Crippen molar-refractivity contribution in [3.63, 3.8) is 0 Å². The van der Waals surface area contributed by atoms with E-state index in [0.29, 0.717) is 18.8 Å². The number of nitro benzene ring substituents is 1. The van der Waals surface area contributed by atoms with Crippen LogP contribution in [0.15, 0.2) is 47.4 Å². The fourth-order valence-electron chi connectivity index (χ4n) is 2.61. The van der Waals surface area contributed by atoms with Crippen molar-refractivity contribution in [2.24, 2.45) is 0 Å². The molecule has 0 unspecified atom stereocenters. The first-order valence-corrected chi connectivity index (χ1v) is 9.81. The van der Waals surface area contributed by atoms with Gasteiger partial charge in [-0.05, 0) is 37.3 Å². The van der Waals surface area contributed by atoms with Crippen molar-refractivity contribution >= 4 is 32.9 Å². The second-order valence-corrected chi connectivity index (χ2v) is 7.73. The summed E-state index contributed by atoms with van der Waals surface area (Å²) in [5.41, 5.74) is 0.522. The predicted molar refractivity (Wildman–Crippen MR) is 103 cm³/mol. The molecule has 27 heavy (non-hydrogen) atoms. The molecule has 0 radical (unpaired) electrons. The SMILES string of the molecule is CCN(CC)S(=O)(=O)c1cccc(Nc2ccc(C(C)=O)cc2[N+](=O)[O-])c1.